The Kier molecular flexibility index (Phi) is 35.2. The topological polar surface area (TPSA) is 350 Å². The Morgan fingerprint density at radius 2 is 0.991 bits per heavy atom. The summed E-state index contributed by atoms with van der Waals surface area (Å²) in [7, 11) is 6.32. The number of anilines is 3. The van der Waals surface area contributed by atoms with Crippen LogP contribution in [0.3, 0.4) is 0 Å². The third kappa shape index (κ3) is 28.6. The van der Waals surface area contributed by atoms with Gasteiger partial charge in [0.1, 0.15) is 52.3 Å². The summed E-state index contributed by atoms with van der Waals surface area (Å²) in [6.45, 7) is 24.7. The molecule has 10 heterocycles. The van der Waals surface area contributed by atoms with Crippen LogP contribution < -0.4 is 45.5 Å². The Morgan fingerprint density at radius 3 is 1.44 bits per heavy atom. The molecule has 0 saturated carbocycles. The second-order valence-corrected chi connectivity index (χ2v) is 30.4. The fourth-order valence-electron chi connectivity index (χ4n) is 10.8. The predicted octanol–water partition coefficient (Wildman–Crippen LogP) is 13.5. The number of benzene rings is 2. The van der Waals surface area contributed by atoms with Crippen LogP contribution >= 0.6 is 99.3 Å². The van der Waals surface area contributed by atoms with Crippen LogP contribution in [0.2, 0.25) is 10.4 Å². The van der Waals surface area contributed by atoms with Gasteiger partial charge in [-0.1, -0.05) is 24.8 Å². The largest absolute Gasteiger partial charge is 0.480 e. The number of carbonyl (C=O) groups is 4. The first-order valence-electron chi connectivity index (χ1n) is 33.5. The minimum Gasteiger partial charge on any atom is -0.480 e. The lowest BCUT2D eigenvalue weighted by Gasteiger charge is -2.24. The number of likely N-dealkylation sites (tertiary alicyclic amines) is 2. The van der Waals surface area contributed by atoms with Gasteiger partial charge in [0.2, 0.25) is 40.6 Å². The van der Waals surface area contributed by atoms with Crippen molar-refractivity contribution in [3.8, 4) is 23.5 Å². The zero-order valence-electron chi connectivity index (χ0n) is 61.0. The van der Waals surface area contributed by atoms with Crippen LogP contribution in [0.1, 0.15) is 84.7 Å². The highest BCUT2D eigenvalue weighted by Gasteiger charge is 2.32. The van der Waals surface area contributed by atoms with E-state index in [4.69, 9.17) is 57.4 Å². The molecule has 29 nitrogen and oxygen atoms in total. The Balaban J connectivity index is 0.000000208. The monoisotopic (exact) mass is 1790 g/mol. The molecule has 0 radical (unpaired) electrons. The summed E-state index contributed by atoms with van der Waals surface area (Å²) in [5.74, 6) is 6.34. The zero-order chi connectivity index (χ0) is 77.3. The molecule has 4 atom stereocenters. The zero-order valence-corrected chi connectivity index (χ0v) is 69.6. The highest BCUT2D eigenvalue weighted by atomic mass is 79.9. The molecule has 12 rings (SSSR count). The molecule has 8 aromatic rings. The van der Waals surface area contributed by atoms with Crippen molar-refractivity contribution in [1.29, 1.82) is 0 Å². The van der Waals surface area contributed by atoms with Crippen LogP contribution in [0, 0.1) is 17.8 Å². The average molecular weight is 1790 g/mol. The maximum absolute atomic E-state index is 12.1. The van der Waals surface area contributed by atoms with Gasteiger partial charge < -0.3 is 64.8 Å². The minimum atomic E-state index is -0.461. The van der Waals surface area contributed by atoms with Crippen LogP contribution in [0.15, 0.2) is 117 Å². The number of nitrogens with two attached hydrogens (primary N) is 1. The molecule has 0 spiro atoms. The molecule has 4 saturated heterocycles. The summed E-state index contributed by atoms with van der Waals surface area (Å²) < 4.78 is 34.0. The van der Waals surface area contributed by atoms with E-state index in [2.05, 4.69) is 158 Å². The number of carbonyl (C=O) groups excluding carboxylic acids is 4. The average Bonchev–Trinajstić information content (AvgIpc) is 1.79. The number of amides is 4. The molecule has 0 unspecified atom stereocenters. The lowest BCUT2D eigenvalue weighted by molar-refractivity contribution is -0.112. The number of aromatic nitrogens is 12. The molecule has 36 heteroatoms. The Morgan fingerprint density at radius 1 is 0.561 bits per heavy atom. The molecule has 4 fully saturated rings. The maximum atomic E-state index is 12.1. The molecule has 4 aliphatic rings. The van der Waals surface area contributed by atoms with Gasteiger partial charge in [0.05, 0.1) is 57.4 Å². The second-order valence-electron chi connectivity index (χ2n) is 26.3. The summed E-state index contributed by atoms with van der Waals surface area (Å²) in [6.07, 6.45) is 18.1. The van der Waals surface area contributed by atoms with E-state index in [-0.39, 0.29) is 47.7 Å². The van der Waals surface area contributed by atoms with Gasteiger partial charge in [0, 0.05) is 112 Å². The van der Waals surface area contributed by atoms with E-state index < -0.39 is 11.2 Å². The number of nitrogens with zero attached hydrogens (tertiary/aromatic N) is 15. The lowest BCUT2D eigenvalue weighted by Crippen LogP contribution is -2.36. The first-order valence-corrected chi connectivity index (χ1v) is 37.5. The summed E-state index contributed by atoms with van der Waals surface area (Å²) in [5, 5.41) is 11.0. The number of nitrogens with one attached hydrogen (secondary N) is 3. The molecule has 6 aromatic heterocycles. The molecule has 2 aromatic carbocycles. The van der Waals surface area contributed by atoms with Crippen molar-refractivity contribution in [2.75, 3.05) is 96.3 Å². The number of halogens is 7. The fourth-order valence-corrected chi connectivity index (χ4v) is 12.6. The van der Waals surface area contributed by atoms with Crippen LogP contribution in [-0.4, -0.2) is 192 Å². The highest BCUT2D eigenvalue weighted by molar-refractivity contribution is 9.11. The van der Waals surface area contributed by atoms with E-state index in [1.165, 1.54) is 38.2 Å². The van der Waals surface area contributed by atoms with Crippen molar-refractivity contribution in [2.45, 2.75) is 104 Å². The van der Waals surface area contributed by atoms with Crippen LogP contribution in [0.5, 0.6) is 23.5 Å². The quantitative estimate of drug-likeness (QED) is 0.0421. The van der Waals surface area contributed by atoms with Crippen LogP contribution in [-0.2, 0) is 38.3 Å². The van der Waals surface area contributed by atoms with Crippen molar-refractivity contribution in [2.24, 2.45) is 23.5 Å². The van der Waals surface area contributed by atoms with Crippen molar-refractivity contribution in [3.05, 3.63) is 145 Å². The van der Waals surface area contributed by atoms with Crippen molar-refractivity contribution in [3.63, 3.8) is 0 Å². The molecular formula is C71H88Br4Cl3N19O10. The van der Waals surface area contributed by atoms with Gasteiger partial charge in [-0.2, -0.15) is 19.9 Å². The molecule has 107 heavy (non-hydrogen) atoms. The molecule has 0 aliphatic carbocycles. The third-order valence-electron chi connectivity index (χ3n) is 15.8. The van der Waals surface area contributed by atoms with Crippen LogP contribution in [0.25, 0.3) is 21.8 Å². The van der Waals surface area contributed by atoms with Gasteiger partial charge in [0.25, 0.3) is 0 Å². The van der Waals surface area contributed by atoms with Gasteiger partial charge in [0.15, 0.2) is 0 Å². The lowest BCUT2D eigenvalue weighted by atomic mass is 10.0. The van der Waals surface area contributed by atoms with E-state index >= 15 is 0 Å². The van der Waals surface area contributed by atoms with Crippen molar-refractivity contribution < 1.29 is 47.6 Å². The number of hydrogen-bond acceptors (Lipinski definition) is 25. The van der Waals surface area contributed by atoms with Crippen molar-refractivity contribution >= 4 is 162 Å². The normalized spacial score (nSPS) is 16.4. The predicted molar refractivity (Wildman–Crippen MR) is 428 cm³/mol. The molecule has 0 bridgehead atoms. The standard InChI is InChI=1S/C21H21BrN6O2.C15H22BrN3O3.C11H8ClN3O.C10H14BrN3O.C9H18N2O2.C5H4BrClN2O.ClH/c1-3-19(29)26-14-4-5-15-17(9-14)24-12-25-20(15)28-7-6-13(11-28)8-18-23-10-16(22)21(27-18)30-2;1-15(2,3)22-14(20)19-6-5-10(9-19)7-12-17-8-11(16)13(18-12)21-4;1-2-10(16)15-7-3-4-8-9(5-7)13-6-14-11(8)12;1-15-10-8(11)6-13-9(14-10)4-7-2-3-12-5-7;1-9(2,3)13-8(12)11-5-4-7(10)6-11;1-10-4-3(6)2-8-5(7)9-4;/h3-5,9-10,12-13H,1,6-8,11H2,2H3,(H,26,29);8,10H,5-7,9H2,1-4H3;2-6H,1H2,(H,15,16);6-7,12H,2-5H2,1H3;7H,4-6,10H2,1-3H3;2H,1H3;1H/t13-;10-;;2*7-;;/m00.01../s1. The first kappa shape index (κ1) is 88.0. The fraction of sp³-hybridized carbons (Fsp3) is 0.437. The summed E-state index contributed by atoms with van der Waals surface area (Å²) in [4.78, 5) is 102. The first-order chi connectivity index (χ1) is 50.5. The minimum absolute atomic E-state index is 0. The van der Waals surface area contributed by atoms with Gasteiger partial charge >= 0.3 is 12.2 Å². The summed E-state index contributed by atoms with van der Waals surface area (Å²) >= 11 is 24.6. The molecule has 5 N–H and O–H groups in total. The summed E-state index contributed by atoms with van der Waals surface area (Å²) in [6, 6.07) is 11.0. The van der Waals surface area contributed by atoms with Crippen LogP contribution in [0.4, 0.5) is 26.8 Å². The van der Waals surface area contributed by atoms with E-state index in [9.17, 15) is 19.2 Å². The Labute approximate surface area is 671 Å². The van der Waals surface area contributed by atoms with Gasteiger partial charge in [-0.05, 0) is 222 Å². The number of ether oxygens (including phenoxy) is 6. The molecule has 4 aliphatic heterocycles. The molecule has 4 amide bonds. The third-order valence-corrected chi connectivity index (χ3v) is 18.5. The van der Waals surface area contributed by atoms with Crippen molar-refractivity contribution in [1.82, 2.24) is 74.9 Å². The maximum Gasteiger partial charge on any atom is 0.410 e. The Bertz CT molecular complexity index is 4320. The van der Waals surface area contributed by atoms with E-state index in [1.807, 2.05) is 59.7 Å². The van der Waals surface area contributed by atoms with E-state index in [0.717, 1.165) is 124 Å². The number of rotatable bonds is 15. The molecular weight excluding hydrogens is 1700 g/mol. The number of fused-ring (bicyclic) bond motifs is 2. The van der Waals surface area contributed by atoms with E-state index in [1.54, 1.807) is 74.2 Å². The SMILES string of the molecule is C=CC(=O)Nc1ccc2c(Cl)ncnc2c1.C=CC(=O)Nc1ccc2c(N3CC[C@@H](Cc4ncc(Br)c(OC)n4)C3)ncnc2c1.CC(C)(C)OC(=O)N1CC[C@@H](N)C1.COc1nc(C[C@@H]2CCN(C(=O)OC(C)(C)C)C2)ncc1Br.COc1nc(C[C@@H]2CCNC2)ncc1Br.COc1nc(Cl)ncc1Br.Cl. The number of hydrogen-bond donors (Lipinski definition) is 4. The second kappa shape index (κ2) is 42.8. The number of methoxy groups -OCH3 is 4. The molecule has 576 valence electrons. The summed E-state index contributed by atoms with van der Waals surface area (Å²) in [5.41, 5.74) is 7.59. The van der Waals surface area contributed by atoms with Gasteiger partial charge in [-0.15, -0.1) is 12.4 Å². The Hall–Kier alpha value is -7.89. The van der Waals surface area contributed by atoms with Gasteiger partial charge in [-0.3, -0.25) is 9.59 Å². The smallest absolute Gasteiger partial charge is 0.410 e. The van der Waals surface area contributed by atoms with E-state index in [0.29, 0.717) is 87.4 Å². The van der Waals surface area contributed by atoms with Gasteiger partial charge in [-0.25, -0.2) is 49.5 Å². The highest BCUT2D eigenvalue weighted by Crippen LogP contribution is 2.33.